The summed E-state index contributed by atoms with van der Waals surface area (Å²) in [5, 5.41) is 2.98. The lowest BCUT2D eigenvalue weighted by molar-refractivity contribution is -0.129. The number of unbranched alkanes of at least 4 members (excludes halogenated alkanes) is 2. The van der Waals surface area contributed by atoms with Crippen LogP contribution in [-0.4, -0.2) is 31.0 Å². The fourth-order valence-electron chi connectivity index (χ4n) is 1.36. The Balaban J connectivity index is 3.64. The molecule has 16 heavy (non-hydrogen) atoms. The molecule has 0 rings (SSSR count). The van der Waals surface area contributed by atoms with Gasteiger partial charge in [0.1, 0.15) is 0 Å². The predicted octanol–water partition coefficient (Wildman–Crippen LogP) is 2.01. The fourth-order valence-corrected chi connectivity index (χ4v) is 1.85. The van der Waals surface area contributed by atoms with E-state index in [4.69, 9.17) is 5.73 Å². The highest BCUT2D eigenvalue weighted by Crippen LogP contribution is 2.18. The number of nitrogens with two attached hydrogens (primary N) is 1. The number of hydrogen-bond acceptors (Lipinski definition) is 3. The molecule has 0 aromatic rings. The first-order valence-electron chi connectivity index (χ1n) is 6.08. The minimum absolute atomic E-state index is 0.0994. The maximum absolute atomic E-state index is 11.8. The van der Waals surface area contributed by atoms with Crippen LogP contribution in [0.4, 0.5) is 0 Å². The van der Waals surface area contributed by atoms with Crippen LogP contribution in [0.15, 0.2) is 0 Å². The smallest absolute Gasteiger partial charge is 0.227 e. The first-order valence-corrected chi connectivity index (χ1v) is 7.47. The molecule has 0 saturated carbocycles. The molecule has 4 heteroatoms. The summed E-state index contributed by atoms with van der Waals surface area (Å²) in [7, 11) is 0. The van der Waals surface area contributed by atoms with Gasteiger partial charge in [-0.3, -0.25) is 4.79 Å². The minimum Gasteiger partial charge on any atom is -0.356 e. The van der Waals surface area contributed by atoms with E-state index in [0.717, 1.165) is 19.4 Å². The summed E-state index contributed by atoms with van der Waals surface area (Å²) in [5.74, 6) is 1.31. The second-order valence-electron chi connectivity index (χ2n) is 4.43. The summed E-state index contributed by atoms with van der Waals surface area (Å²) >= 11 is 1.87. The molecule has 96 valence electrons. The van der Waals surface area contributed by atoms with Gasteiger partial charge in [-0.25, -0.2) is 0 Å². The van der Waals surface area contributed by atoms with Gasteiger partial charge >= 0.3 is 0 Å². The zero-order valence-electron chi connectivity index (χ0n) is 10.8. The molecule has 1 amide bonds. The lowest BCUT2D eigenvalue weighted by Gasteiger charge is -2.24. The predicted molar refractivity (Wildman–Crippen MR) is 72.7 cm³/mol. The zero-order valence-corrected chi connectivity index (χ0v) is 11.7. The van der Waals surface area contributed by atoms with E-state index in [1.807, 2.05) is 25.6 Å². The lowest BCUT2D eigenvalue weighted by Crippen LogP contribution is -2.43. The van der Waals surface area contributed by atoms with E-state index >= 15 is 0 Å². The Hall–Kier alpha value is -0.220. The molecule has 3 nitrogen and oxygen atoms in total. The first-order chi connectivity index (χ1) is 7.60. The van der Waals surface area contributed by atoms with Crippen molar-refractivity contribution in [3.05, 3.63) is 0 Å². The third-order valence-corrected chi connectivity index (χ3v) is 3.79. The highest BCUT2D eigenvalue weighted by Gasteiger charge is 2.28. The quantitative estimate of drug-likeness (QED) is 0.612. The van der Waals surface area contributed by atoms with Crippen LogP contribution < -0.4 is 11.1 Å². The molecule has 1 atom stereocenters. The Labute approximate surface area is 104 Å². The summed E-state index contributed by atoms with van der Waals surface area (Å²) in [4.78, 5) is 11.8. The zero-order chi connectivity index (χ0) is 12.4. The SMILES string of the molecule is CCC(C)(CN)C(=O)NCCCCCSC. The maximum atomic E-state index is 11.8. The van der Waals surface area contributed by atoms with Crippen molar-refractivity contribution in [2.75, 3.05) is 25.1 Å². The van der Waals surface area contributed by atoms with Gasteiger partial charge < -0.3 is 11.1 Å². The molecule has 0 aromatic carbocycles. The van der Waals surface area contributed by atoms with Gasteiger partial charge in [0, 0.05) is 13.1 Å². The van der Waals surface area contributed by atoms with E-state index in [1.54, 1.807) is 0 Å². The monoisotopic (exact) mass is 246 g/mol. The van der Waals surface area contributed by atoms with Crippen LogP contribution in [-0.2, 0) is 4.79 Å². The highest BCUT2D eigenvalue weighted by atomic mass is 32.2. The van der Waals surface area contributed by atoms with Gasteiger partial charge in [0.25, 0.3) is 0 Å². The maximum Gasteiger partial charge on any atom is 0.227 e. The molecule has 0 saturated heterocycles. The number of hydrogen-bond donors (Lipinski definition) is 2. The summed E-state index contributed by atoms with van der Waals surface area (Å²) in [6, 6.07) is 0. The van der Waals surface area contributed by atoms with E-state index in [9.17, 15) is 4.79 Å². The molecule has 1 unspecified atom stereocenters. The average Bonchev–Trinajstić information content (AvgIpc) is 2.32. The van der Waals surface area contributed by atoms with Gasteiger partial charge in [0.2, 0.25) is 5.91 Å². The molecular weight excluding hydrogens is 220 g/mol. The van der Waals surface area contributed by atoms with Crippen LogP contribution in [0.2, 0.25) is 0 Å². The Morgan fingerprint density at radius 2 is 2.06 bits per heavy atom. The van der Waals surface area contributed by atoms with Gasteiger partial charge in [-0.15, -0.1) is 0 Å². The van der Waals surface area contributed by atoms with Crippen LogP contribution in [0.1, 0.15) is 39.5 Å². The van der Waals surface area contributed by atoms with Gasteiger partial charge in [-0.2, -0.15) is 11.8 Å². The van der Waals surface area contributed by atoms with E-state index in [2.05, 4.69) is 11.6 Å². The summed E-state index contributed by atoms with van der Waals surface area (Å²) in [6.07, 6.45) is 6.40. The van der Waals surface area contributed by atoms with Gasteiger partial charge in [-0.05, 0) is 38.2 Å². The van der Waals surface area contributed by atoms with Crippen molar-refractivity contribution < 1.29 is 4.79 Å². The average molecular weight is 246 g/mol. The Kier molecular flexibility index (Phi) is 8.76. The van der Waals surface area contributed by atoms with Gasteiger partial charge in [0.15, 0.2) is 0 Å². The second kappa shape index (κ2) is 8.88. The molecule has 0 aliphatic rings. The topological polar surface area (TPSA) is 55.1 Å². The lowest BCUT2D eigenvalue weighted by atomic mass is 9.86. The third kappa shape index (κ3) is 5.75. The molecule has 0 bridgehead atoms. The summed E-state index contributed by atoms with van der Waals surface area (Å²) < 4.78 is 0. The van der Waals surface area contributed by atoms with Crippen molar-refractivity contribution in [1.82, 2.24) is 5.32 Å². The van der Waals surface area contributed by atoms with Crippen molar-refractivity contribution in [3.63, 3.8) is 0 Å². The van der Waals surface area contributed by atoms with Crippen LogP contribution in [0.3, 0.4) is 0 Å². The highest BCUT2D eigenvalue weighted by molar-refractivity contribution is 7.98. The molecule has 0 aromatic heterocycles. The van der Waals surface area contributed by atoms with Gasteiger partial charge in [-0.1, -0.05) is 13.3 Å². The number of amides is 1. The standard InChI is InChI=1S/C12H26N2OS/c1-4-12(2,10-13)11(15)14-8-6-5-7-9-16-3/h4-10,13H2,1-3H3,(H,14,15). The van der Waals surface area contributed by atoms with Crippen LogP contribution >= 0.6 is 11.8 Å². The van der Waals surface area contributed by atoms with E-state index in [0.29, 0.717) is 6.54 Å². The van der Waals surface area contributed by atoms with Crippen LogP contribution in [0.25, 0.3) is 0 Å². The molecule has 0 spiro atoms. The minimum atomic E-state index is -0.390. The number of carbonyl (C=O) groups excluding carboxylic acids is 1. The van der Waals surface area contributed by atoms with Crippen molar-refractivity contribution in [3.8, 4) is 0 Å². The fraction of sp³-hybridized carbons (Fsp3) is 0.917. The number of carbonyl (C=O) groups is 1. The van der Waals surface area contributed by atoms with E-state index in [-0.39, 0.29) is 11.3 Å². The number of rotatable bonds is 9. The Morgan fingerprint density at radius 1 is 1.38 bits per heavy atom. The molecule has 0 radical (unpaired) electrons. The molecule has 0 heterocycles. The third-order valence-electron chi connectivity index (χ3n) is 3.09. The molecule has 0 aliphatic heterocycles. The normalized spacial score (nSPS) is 14.5. The summed E-state index contributed by atoms with van der Waals surface area (Å²) in [5.41, 5.74) is 5.24. The largest absolute Gasteiger partial charge is 0.356 e. The molecule has 0 fully saturated rings. The van der Waals surface area contributed by atoms with Crippen LogP contribution in [0, 0.1) is 5.41 Å². The van der Waals surface area contributed by atoms with Gasteiger partial charge in [0.05, 0.1) is 5.41 Å². The van der Waals surface area contributed by atoms with Crippen molar-refractivity contribution in [1.29, 1.82) is 0 Å². The van der Waals surface area contributed by atoms with Crippen molar-refractivity contribution in [2.24, 2.45) is 11.1 Å². The second-order valence-corrected chi connectivity index (χ2v) is 5.41. The first kappa shape index (κ1) is 15.8. The van der Waals surface area contributed by atoms with Crippen LogP contribution in [0.5, 0.6) is 0 Å². The Morgan fingerprint density at radius 3 is 2.56 bits per heavy atom. The van der Waals surface area contributed by atoms with Crippen molar-refractivity contribution >= 4 is 17.7 Å². The molecule has 3 N–H and O–H groups in total. The van der Waals surface area contributed by atoms with Crippen molar-refractivity contribution in [2.45, 2.75) is 39.5 Å². The molecule has 0 aliphatic carbocycles. The van der Waals surface area contributed by atoms with E-state index < -0.39 is 0 Å². The number of thioether (sulfide) groups is 1. The molecular formula is C12H26N2OS. The summed E-state index contributed by atoms with van der Waals surface area (Å²) in [6.45, 7) is 5.13. The number of nitrogens with one attached hydrogen (secondary N) is 1. The van der Waals surface area contributed by atoms with E-state index in [1.165, 1.54) is 18.6 Å². The Bertz CT molecular complexity index is 193.